The fourth-order valence-electron chi connectivity index (χ4n) is 2.91. The van der Waals surface area contributed by atoms with E-state index in [1.165, 1.54) is 29.5 Å². The molecule has 0 saturated heterocycles. The number of carbonyl (C=O) groups is 1. The summed E-state index contributed by atoms with van der Waals surface area (Å²) in [6, 6.07) is 19.2. The van der Waals surface area contributed by atoms with Crippen molar-refractivity contribution in [2.24, 2.45) is 0 Å². The van der Waals surface area contributed by atoms with E-state index >= 15 is 0 Å². The van der Waals surface area contributed by atoms with Gasteiger partial charge in [0.15, 0.2) is 5.13 Å². The minimum atomic E-state index is -0.572. The van der Waals surface area contributed by atoms with Gasteiger partial charge in [0.25, 0.3) is 5.91 Å². The van der Waals surface area contributed by atoms with Gasteiger partial charge in [-0.1, -0.05) is 40.2 Å². The van der Waals surface area contributed by atoms with Crippen molar-refractivity contribution < 1.29 is 13.6 Å². The number of anilines is 1. The lowest BCUT2D eigenvalue weighted by Gasteiger charge is -2.00. The Morgan fingerprint density at radius 1 is 1.16 bits per heavy atom. The molecule has 0 fully saturated rings. The van der Waals surface area contributed by atoms with E-state index in [0.29, 0.717) is 23.1 Å². The van der Waals surface area contributed by atoms with Crippen molar-refractivity contribution in [3.8, 4) is 17.4 Å². The number of benzene rings is 2. The Morgan fingerprint density at radius 3 is 2.62 bits per heavy atom. The standard InChI is InChI=1S/C24H15BrFN3O2S/c25-18-5-3-16(4-6-18)22-10-9-20(31-22)12-17(13-27)23(30)29-24-28-14-21(32-24)11-15-1-7-19(26)8-2-15/h1-10,12,14H,11H2,(H,28,29,30). The smallest absolute Gasteiger partial charge is 0.268 e. The summed E-state index contributed by atoms with van der Waals surface area (Å²) >= 11 is 4.69. The van der Waals surface area contributed by atoms with Gasteiger partial charge in [-0.25, -0.2) is 9.37 Å². The molecule has 5 nitrogen and oxygen atoms in total. The van der Waals surface area contributed by atoms with Gasteiger partial charge in [-0.3, -0.25) is 10.1 Å². The third-order valence-electron chi connectivity index (χ3n) is 4.47. The van der Waals surface area contributed by atoms with Crippen LogP contribution in [0.25, 0.3) is 17.4 Å². The molecule has 8 heteroatoms. The quantitative estimate of drug-likeness (QED) is 0.240. The Bertz CT molecular complexity index is 1320. The number of aromatic nitrogens is 1. The summed E-state index contributed by atoms with van der Waals surface area (Å²) in [6.07, 6.45) is 3.61. The van der Waals surface area contributed by atoms with E-state index in [1.807, 2.05) is 30.3 Å². The second-order valence-electron chi connectivity index (χ2n) is 6.77. The molecule has 1 amide bonds. The summed E-state index contributed by atoms with van der Waals surface area (Å²) in [6.45, 7) is 0. The molecule has 2 aromatic heterocycles. The molecular weight excluding hydrogens is 493 g/mol. The van der Waals surface area contributed by atoms with Gasteiger partial charge in [0.1, 0.15) is 29.0 Å². The number of nitriles is 1. The maximum absolute atomic E-state index is 13.0. The van der Waals surface area contributed by atoms with E-state index in [1.54, 1.807) is 30.5 Å². The maximum atomic E-state index is 13.0. The minimum Gasteiger partial charge on any atom is -0.457 e. The zero-order valence-corrected chi connectivity index (χ0v) is 18.9. The number of nitrogens with one attached hydrogen (secondary N) is 1. The Labute approximate surface area is 196 Å². The zero-order chi connectivity index (χ0) is 22.5. The summed E-state index contributed by atoms with van der Waals surface area (Å²) in [7, 11) is 0. The summed E-state index contributed by atoms with van der Waals surface area (Å²) in [4.78, 5) is 17.6. The number of nitrogens with zero attached hydrogens (tertiary/aromatic N) is 2. The lowest BCUT2D eigenvalue weighted by molar-refractivity contribution is -0.112. The van der Waals surface area contributed by atoms with Gasteiger partial charge in [0.05, 0.1) is 0 Å². The third kappa shape index (κ3) is 5.38. The highest BCUT2D eigenvalue weighted by molar-refractivity contribution is 9.10. The molecule has 4 aromatic rings. The molecule has 1 N–H and O–H groups in total. The van der Waals surface area contributed by atoms with Crippen molar-refractivity contribution in [3.63, 3.8) is 0 Å². The fraction of sp³-hybridized carbons (Fsp3) is 0.0417. The average Bonchev–Trinajstić information content (AvgIpc) is 3.43. The number of carbonyl (C=O) groups excluding carboxylic acids is 1. The molecule has 0 atom stereocenters. The number of amides is 1. The van der Waals surface area contributed by atoms with E-state index in [2.05, 4.69) is 26.2 Å². The summed E-state index contributed by atoms with van der Waals surface area (Å²) < 4.78 is 19.8. The van der Waals surface area contributed by atoms with Gasteiger partial charge in [0.2, 0.25) is 0 Å². The highest BCUT2D eigenvalue weighted by Gasteiger charge is 2.14. The molecule has 0 bridgehead atoms. The van der Waals surface area contributed by atoms with Crippen LogP contribution in [0, 0.1) is 17.1 Å². The van der Waals surface area contributed by atoms with Gasteiger partial charge in [-0.2, -0.15) is 5.26 Å². The lowest BCUT2D eigenvalue weighted by Crippen LogP contribution is -2.13. The number of rotatable bonds is 6. The topological polar surface area (TPSA) is 78.9 Å². The van der Waals surface area contributed by atoms with E-state index in [4.69, 9.17) is 4.42 Å². The Balaban J connectivity index is 1.44. The van der Waals surface area contributed by atoms with Crippen LogP contribution in [-0.4, -0.2) is 10.9 Å². The molecule has 2 heterocycles. The second-order valence-corrected chi connectivity index (χ2v) is 8.80. The molecule has 0 spiro atoms. The summed E-state index contributed by atoms with van der Waals surface area (Å²) in [5.41, 5.74) is 1.72. The molecule has 4 rings (SSSR count). The van der Waals surface area contributed by atoms with Crippen molar-refractivity contribution in [2.75, 3.05) is 5.32 Å². The predicted octanol–water partition coefficient (Wildman–Crippen LogP) is 6.44. The third-order valence-corrected chi connectivity index (χ3v) is 5.91. The predicted molar refractivity (Wildman–Crippen MR) is 125 cm³/mol. The number of halogens is 2. The summed E-state index contributed by atoms with van der Waals surface area (Å²) in [5, 5.41) is 12.5. The van der Waals surface area contributed by atoms with Crippen molar-refractivity contribution in [2.45, 2.75) is 6.42 Å². The van der Waals surface area contributed by atoms with Crippen LogP contribution in [0.2, 0.25) is 0 Å². The average molecular weight is 508 g/mol. The van der Waals surface area contributed by atoms with Crippen LogP contribution in [0.5, 0.6) is 0 Å². The minimum absolute atomic E-state index is 0.100. The molecule has 0 aliphatic carbocycles. The largest absolute Gasteiger partial charge is 0.457 e. The first-order valence-electron chi connectivity index (χ1n) is 9.48. The van der Waals surface area contributed by atoms with Gasteiger partial charge in [-0.05, 0) is 42.0 Å². The first kappa shape index (κ1) is 21.7. The van der Waals surface area contributed by atoms with Crippen LogP contribution in [-0.2, 0) is 11.2 Å². The lowest BCUT2D eigenvalue weighted by atomic mass is 10.1. The fourth-order valence-corrected chi connectivity index (χ4v) is 4.01. The molecular formula is C24H15BrFN3O2S. The van der Waals surface area contributed by atoms with Gasteiger partial charge in [-0.15, -0.1) is 11.3 Å². The van der Waals surface area contributed by atoms with E-state index < -0.39 is 5.91 Å². The normalized spacial score (nSPS) is 11.2. The van der Waals surface area contributed by atoms with Crippen LogP contribution >= 0.6 is 27.3 Å². The Morgan fingerprint density at radius 2 is 1.91 bits per heavy atom. The summed E-state index contributed by atoms with van der Waals surface area (Å²) in [5.74, 6) is 0.164. The first-order valence-corrected chi connectivity index (χ1v) is 11.1. The number of hydrogen-bond donors (Lipinski definition) is 1. The molecule has 0 aliphatic heterocycles. The SMILES string of the molecule is N#CC(=Cc1ccc(-c2ccc(Br)cc2)o1)C(=O)Nc1ncc(Cc2ccc(F)cc2)s1. The van der Waals surface area contributed by atoms with Crippen molar-refractivity contribution in [1.29, 1.82) is 5.26 Å². The molecule has 2 aromatic carbocycles. The van der Waals surface area contributed by atoms with Crippen molar-refractivity contribution in [3.05, 3.63) is 98.9 Å². The second kappa shape index (κ2) is 9.73. The van der Waals surface area contributed by atoms with Crippen molar-refractivity contribution >= 4 is 44.4 Å². The molecule has 32 heavy (non-hydrogen) atoms. The van der Waals surface area contributed by atoms with E-state index in [9.17, 15) is 14.4 Å². The number of hydrogen-bond acceptors (Lipinski definition) is 5. The van der Waals surface area contributed by atoms with Crippen LogP contribution < -0.4 is 5.32 Å². The van der Waals surface area contributed by atoms with Crippen LogP contribution in [0.3, 0.4) is 0 Å². The van der Waals surface area contributed by atoms with Crippen LogP contribution in [0.15, 0.2) is 81.3 Å². The van der Waals surface area contributed by atoms with Crippen LogP contribution in [0.1, 0.15) is 16.2 Å². The molecule has 0 aliphatic rings. The highest BCUT2D eigenvalue weighted by Crippen LogP contribution is 2.26. The molecule has 0 radical (unpaired) electrons. The monoisotopic (exact) mass is 507 g/mol. The Hall–Kier alpha value is -3.54. The van der Waals surface area contributed by atoms with E-state index in [0.717, 1.165) is 20.5 Å². The van der Waals surface area contributed by atoms with Gasteiger partial charge < -0.3 is 4.42 Å². The van der Waals surface area contributed by atoms with Crippen LogP contribution in [0.4, 0.5) is 9.52 Å². The molecule has 0 unspecified atom stereocenters. The zero-order valence-electron chi connectivity index (χ0n) is 16.5. The first-order chi connectivity index (χ1) is 15.5. The molecule has 158 valence electrons. The van der Waals surface area contributed by atoms with Gasteiger partial charge in [0, 0.05) is 33.6 Å². The van der Waals surface area contributed by atoms with E-state index in [-0.39, 0.29) is 11.4 Å². The highest BCUT2D eigenvalue weighted by atomic mass is 79.9. The maximum Gasteiger partial charge on any atom is 0.268 e. The van der Waals surface area contributed by atoms with Crippen molar-refractivity contribution in [1.82, 2.24) is 4.98 Å². The Kier molecular flexibility index (Phi) is 6.59. The van der Waals surface area contributed by atoms with Gasteiger partial charge >= 0.3 is 0 Å². The molecule has 0 saturated carbocycles. The number of furan rings is 1. The number of thiazole rings is 1.